The number of anilines is 1. The summed E-state index contributed by atoms with van der Waals surface area (Å²) in [7, 11) is 0. The second-order valence-electron chi connectivity index (χ2n) is 5.25. The molecule has 0 radical (unpaired) electrons. The van der Waals surface area contributed by atoms with Gasteiger partial charge in [-0.1, -0.05) is 12.8 Å². The Balaban J connectivity index is 2.24. The number of hydrogen-bond donors (Lipinski definition) is 2. The predicted molar refractivity (Wildman–Crippen MR) is 74.8 cm³/mol. The number of rotatable bonds is 5. The highest BCUT2D eigenvalue weighted by Gasteiger charge is 2.41. The van der Waals surface area contributed by atoms with Gasteiger partial charge in [-0.15, -0.1) is 0 Å². The van der Waals surface area contributed by atoms with E-state index < -0.39 is 16.3 Å². The van der Waals surface area contributed by atoms with Crippen LogP contribution >= 0.6 is 0 Å². The standard InChI is InChI=1S/C14H15N3O4/c15-8-10-3-4-12(17(20)21)11(7-10)16-9-14(13(18)19)5-1-2-6-14/h3-4,7,16H,1-2,5-6,9H2,(H,18,19). The fraction of sp³-hybridized carbons (Fsp3) is 0.429. The Kier molecular flexibility index (Phi) is 4.08. The average Bonchev–Trinajstić information content (AvgIpc) is 2.94. The highest BCUT2D eigenvalue weighted by molar-refractivity contribution is 5.76. The van der Waals surface area contributed by atoms with Crippen LogP contribution in [0.4, 0.5) is 11.4 Å². The monoisotopic (exact) mass is 289 g/mol. The third kappa shape index (κ3) is 2.94. The quantitative estimate of drug-likeness (QED) is 0.635. The van der Waals surface area contributed by atoms with Crippen molar-refractivity contribution in [2.24, 2.45) is 5.41 Å². The largest absolute Gasteiger partial charge is 0.481 e. The van der Waals surface area contributed by atoms with Crippen molar-refractivity contribution in [3.63, 3.8) is 0 Å². The second-order valence-corrected chi connectivity index (χ2v) is 5.25. The van der Waals surface area contributed by atoms with Gasteiger partial charge in [0.25, 0.3) is 5.69 Å². The molecule has 110 valence electrons. The van der Waals surface area contributed by atoms with Gasteiger partial charge in [-0.25, -0.2) is 0 Å². The first kappa shape index (κ1) is 14.8. The summed E-state index contributed by atoms with van der Waals surface area (Å²) >= 11 is 0. The van der Waals surface area contributed by atoms with Crippen molar-refractivity contribution in [1.82, 2.24) is 0 Å². The highest BCUT2D eigenvalue weighted by atomic mass is 16.6. The summed E-state index contributed by atoms with van der Waals surface area (Å²) in [4.78, 5) is 21.9. The Bertz CT molecular complexity index is 615. The molecule has 1 fully saturated rings. The fourth-order valence-corrected chi connectivity index (χ4v) is 2.69. The molecule has 1 aliphatic carbocycles. The van der Waals surface area contributed by atoms with Crippen LogP contribution < -0.4 is 5.32 Å². The van der Waals surface area contributed by atoms with Crippen molar-refractivity contribution in [3.8, 4) is 6.07 Å². The van der Waals surface area contributed by atoms with Crippen molar-refractivity contribution in [3.05, 3.63) is 33.9 Å². The number of hydrogen-bond acceptors (Lipinski definition) is 5. The lowest BCUT2D eigenvalue weighted by Gasteiger charge is -2.24. The van der Waals surface area contributed by atoms with Crippen molar-refractivity contribution < 1.29 is 14.8 Å². The van der Waals surface area contributed by atoms with Crippen LogP contribution in [0.5, 0.6) is 0 Å². The molecule has 21 heavy (non-hydrogen) atoms. The number of aliphatic carboxylic acids is 1. The predicted octanol–water partition coefficient (Wildman–Crippen LogP) is 2.52. The fourth-order valence-electron chi connectivity index (χ4n) is 2.69. The Labute approximate surface area is 121 Å². The normalized spacial score (nSPS) is 16.1. The van der Waals surface area contributed by atoms with E-state index in [1.54, 1.807) is 0 Å². The zero-order valence-electron chi connectivity index (χ0n) is 11.3. The lowest BCUT2D eigenvalue weighted by molar-refractivity contribution is -0.384. The lowest BCUT2D eigenvalue weighted by atomic mass is 9.86. The van der Waals surface area contributed by atoms with Gasteiger partial charge in [0.15, 0.2) is 0 Å². The van der Waals surface area contributed by atoms with Gasteiger partial charge >= 0.3 is 5.97 Å². The summed E-state index contributed by atoms with van der Waals surface area (Å²) in [5, 5.41) is 32.1. The summed E-state index contributed by atoms with van der Waals surface area (Å²) in [6.45, 7) is 0.123. The maximum atomic E-state index is 11.5. The molecule has 0 unspecified atom stereocenters. The van der Waals surface area contributed by atoms with E-state index >= 15 is 0 Å². The molecule has 2 N–H and O–H groups in total. The topological polar surface area (TPSA) is 116 Å². The molecule has 0 spiro atoms. The maximum absolute atomic E-state index is 11.5. The molecule has 1 aromatic rings. The number of carbonyl (C=O) groups is 1. The van der Waals surface area contributed by atoms with E-state index in [4.69, 9.17) is 5.26 Å². The number of nitrogens with zero attached hydrogens (tertiary/aromatic N) is 2. The number of benzene rings is 1. The molecule has 0 aromatic heterocycles. The smallest absolute Gasteiger partial charge is 0.311 e. The molecule has 7 heteroatoms. The Morgan fingerprint density at radius 3 is 2.67 bits per heavy atom. The number of carboxylic acid groups (broad SMARTS) is 1. The third-order valence-corrected chi connectivity index (χ3v) is 3.95. The lowest BCUT2D eigenvalue weighted by Crippen LogP contribution is -2.35. The van der Waals surface area contributed by atoms with Crippen LogP contribution in [-0.2, 0) is 4.79 Å². The Hall–Kier alpha value is -2.62. The van der Waals surface area contributed by atoms with Crippen LogP contribution in [0.2, 0.25) is 0 Å². The molecule has 1 saturated carbocycles. The van der Waals surface area contributed by atoms with Gasteiger partial charge in [-0.3, -0.25) is 14.9 Å². The summed E-state index contributed by atoms with van der Waals surface area (Å²) in [5.74, 6) is -0.883. The van der Waals surface area contributed by atoms with E-state index in [-0.39, 0.29) is 17.9 Å². The van der Waals surface area contributed by atoms with Crippen LogP contribution in [-0.4, -0.2) is 22.5 Å². The van der Waals surface area contributed by atoms with Crippen molar-refractivity contribution in [2.45, 2.75) is 25.7 Å². The summed E-state index contributed by atoms with van der Waals surface area (Å²) < 4.78 is 0. The van der Waals surface area contributed by atoms with E-state index in [0.717, 1.165) is 12.8 Å². The Morgan fingerprint density at radius 1 is 1.48 bits per heavy atom. The van der Waals surface area contributed by atoms with Crippen molar-refractivity contribution in [1.29, 1.82) is 5.26 Å². The number of nitro groups is 1. The van der Waals surface area contributed by atoms with E-state index in [9.17, 15) is 20.0 Å². The van der Waals surface area contributed by atoms with Gasteiger partial charge in [0.05, 0.1) is 22.0 Å². The molecule has 7 nitrogen and oxygen atoms in total. The van der Waals surface area contributed by atoms with E-state index in [1.165, 1.54) is 18.2 Å². The van der Waals surface area contributed by atoms with Gasteiger partial charge in [0, 0.05) is 12.6 Å². The van der Waals surface area contributed by atoms with E-state index in [1.807, 2.05) is 6.07 Å². The number of nitrogens with one attached hydrogen (secondary N) is 1. The second kappa shape index (κ2) is 5.79. The molecule has 2 rings (SSSR count). The number of carboxylic acids is 1. The van der Waals surface area contributed by atoms with E-state index in [2.05, 4.69) is 5.32 Å². The van der Waals surface area contributed by atoms with Gasteiger partial charge in [0.1, 0.15) is 5.69 Å². The molecule has 1 aliphatic rings. The zero-order valence-corrected chi connectivity index (χ0v) is 11.3. The van der Waals surface area contributed by atoms with Crippen molar-refractivity contribution in [2.75, 3.05) is 11.9 Å². The third-order valence-electron chi connectivity index (χ3n) is 3.95. The van der Waals surface area contributed by atoms with Gasteiger partial charge in [-0.05, 0) is 25.0 Å². The number of nitro benzene ring substituents is 1. The van der Waals surface area contributed by atoms with Crippen LogP contribution in [0, 0.1) is 26.9 Å². The van der Waals surface area contributed by atoms with Crippen LogP contribution in [0.25, 0.3) is 0 Å². The highest BCUT2D eigenvalue weighted by Crippen LogP contribution is 2.39. The molecular weight excluding hydrogens is 274 g/mol. The first-order chi connectivity index (χ1) is 9.98. The molecule has 0 heterocycles. The minimum absolute atomic E-state index is 0.123. The summed E-state index contributed by atoms with van der Waals surface area (Å²) in [5.41, 5.74) is -0.561. The molecule has 0 atom stereocenters. The first-order valence-electron chi connectivity index (χ1n) is 6.64. The summed E-state index contributed by atoms with van der Waals surface area (Å²) in [6.07, 6.45) is 2.80. The molecule has 0 amide bonds. The first-order valence-corrected chi connectivity index (χ1v) is 6.64. The van der Waals surface area contributed by atoms with Crippen LogP contribution in [0.1, 0.15) is 31.2 Å². The Morgan fingerprint density at radius 2 is 2.14 bits per heavy atom. The van der Waals surface area contributed by atoms with Crippen LogP contribution in [0.15, 0.2) is 18.2 Å². The molecule has 0 saturated heterocycles. The average molecular weight is 289 g/mol. The molecule has 0 aliphatic heterocycles. The molecule has 1 aromatic carbocycles. The minimum atomic E-state index is -0.883. The van der Waals surface area contributed by atoms with Gasteiger partial charge in [0.2, 0.25) is 0 Å². The SMILES string of the molecule is N#Cc1ccc([N+](=O)[O-])c(NCC2(C(=O)O)CCCC2)c1. The minimum Gasteiger partial charge on any atom is -0.481 e. The summed E-state index contributed by atoms with van der Waals surface area (Å²) in [6, 6.07) is 5.91. The number of nitriles is 1. The molecular formula is C14H15N3O4. The molecule has 0 bridgehead atoms. The van der Waals surface area contributed by atoms with Crippen LogP contribution in [0.3, 0.4) is 0 Å². The zero-order chi connectivity index (χ0) is 15.5. The van der Waals surface area contributed by atoms with Gasteiger partial charge in [-0.2, -0.15) is 5.26 Å². The maximum Gasteiger partial charge on any atom is 0.311 e. The van der Waals surface area contributed by atoms with E-state index in [0.29, 0.717) is 18.4 Å². The van der Waals surface area contributed by atoms with Crippen molar-refractivity contribution >= 4 is 17.3 Å². The van der Waals surface area contributed by atoms with Gasteiger partial charge < -0.3 is 10.4 Å².